The summed E-state index contributed by atoms with van der Waals surface area (Å²) in [5, 5.41) is 9.93. The van der Waals surface area contributed by atoms with Gasteiger partial charge in [0, 0.05) is 18.4 Å². The quantitative estimate of drug-likeness (QED) is 0.0610. The van der Waals surface area contributed by atoms with Crippen molar-refractivity contribution in [1.29, 1.82) is 0 Å². The first-order chi connectivity index (χ1) is 31.2. The van der Waals surface area contributed by atoms with E-state index in [1.807, 2.05) is 13.1 Å². The molecular weight excluding hydrogens is 908 g/mol. The number of imidazole rings is 2. The number of halogens is 2. The molecule has 0 bridgehead atoms. The number of carbonyl (C=O) groups excluding carboxylic acids is 1. The third kappa shape index (κ3) is 9.89. The van der Waals surface area contributed by atoms with Crippen molar-refractivity contribution in [3.63, 3.8) is 0 Å². The van der Waals surface area contributed by atoms with Crippen LogP contribution in [-0.4, -0.2) is 123 Å². The summed E-state index contributed by atoms with van der Waals surface area (Å²) in [6.07, 6.45) is -3.60. The van der Waals surface area contributed by atoms with Crippen molar-refractivity contribution in [2.75, 3.05) is 24.7 Å². The van der Waals surface area contributed by atoms with Gasteiger partial charge in [-0.1, -0.05) is 65.7 Å². The van der Waals surface area contributed by atoms with E-state index >= 15 is 8.78 Å². The van der Waals surface area contributed by atoms with Gasteiger partial charge in [-0.3, -0.25) is 23.4 Å². The Morgan fingerprint density at radius 2 is 1.41 bits per heavy atom. The second-order valence-corrected chi connectivity index (χ2v) is 29.5. The lowest BCUT2D eigenvalue weighted by atomic mass is 10.1. The lowest BCUT2D eigenvalue weighted by Gasteiger charge is -2.39. The predicted octanol–water partition coefficient (Wildman–Crippen LogP) is 7.72. The lowest BCUT2D eigenvalue weighted by molar-refractivity contribution is -0.0445. The molecule has 2 aliphatic heterocycles. The maximum atomic E-state index is 16.4. The summed E-state index contributed by atoms with van der Waals surface area (Å²) in [5.41, 5.74) is 2.14. The smallest absolute Gasteiger partial charge is 0.327 e. The van der Waals surface area contributed by atoms with Gasteiger partial charge in [-0.2, -0.15) is 0 Å². The summed E-state index contributed by atoms with van der Waals surface area (Å²) in [4.78, 5) is 42.4. The van der Waals surface area contributed by atoms with Crippen molar-refractivity contribution < 1.29 is 46.1 Å². The van der Waals surface area contributed by atoms with Gasteiger partial charge in [-0.05, 0) is 48.4 Å². The third-order valence-corrected chi connectivity index (χ3v) is 22.5. The summed E-state index contributed by atoms with van der Waals surface area (Å²) >= 11 is 0. The Morgan fingerprint density at radius 1 is 0.818 bits per heavy atom. The highest BCUT2D eigenvalue weighted by atomic mass is 31.1. The highest BCUT2D eigenvalue weighted by Crippen LogP contribution is 2.44. The number of aliphatic hydroxyl groups excluding tert-OH is 1. The van der Waals surface area contributed by atoms with E-state index in [-0.39, 0.29) is 40.2 Å². The Kier molecular flexibility index (Phi) is 14.7. The number of anilines is 1. The van der Waals surface area contributed by atoms with Crippen LogP contribution in [0.3, 0.4) is 0 Å². The monoisotopic (exact) mass is 965 g/mol. The Morgan fingerprint density at radius 3 is 2.03 bits per heavy atom. The third-order valence-electron chi connectivity index (χ3n) is 13.2. The zero-order valence-corrected chi connectivity index (χ0v) is 41.8. The molecule has 0 aliphatic carbocycles. The van der Waals surface area contributed by atoms with Gasteiger partial charge < -0.3 is 23.4 Å². The van der Waals surface area contributed by atoms with E-state index in [0.717, 1.165) is 0 Å². The largest absolute Gasteiger partial charge is 0.414 e. The number of rotatable bonds is 15. The van der Waals surface area contributed by atoms with E-state index in [9.17, 15) is 14.5 Å². The molecule has 5 aromatic rings. The zero-order valence-electron chi connectivity index (χ0n) is 38.9. The molecule has 0 saturated carbocycles. The number of aromatic nitrogens is 8. The number of benzene rings is 1. The molecule has 17 nitrogen and oxygen atoms in total. The number of alkyl halides is 2. The molecule has 66 heavy (non-hydrogen) atoms. The van der Waals surface area contributed by atoms with Crippen LogP contribution in [0.2, 0.25) is 36.3 Å². The first kappa shape index (κ1) is 49.4. The van der Waals surface area contributed by atoms with Gasteiger partial charge in [0.05, 0.1) is 38.1 Å². The van der Waals surface area contributed by atoms with Gasteiger partial charge in [0.2, 0.25) is 0 Å². The van der Waals surface area contributed by atoms with Crippen LogP contribution in [0.4, 0.5) is 14.6 Å². The fourth-order valence-corrected chi connectivity index (χ4v) is 10.0. The summed E-state index contributed by atoms with van der Waals surface area (Å²) in [5.74, 6) is 5.98. The second-order valence-electron chi connectivity index (χ2n) is 19.5. The molecule has 2 fully saturated rings. The molecule has 1 N–H and O–H groups in total. The summed E-state index contributed by atoms with van der Waals surface area (Å²) in [6.45, 7) is 20.2. The highest BCUT2D eigenvalue weighted by Gasteiger charge is 2.52. The number of nitrogens with zero attached hydrogens (tertiary/aromatic N) is 9. The van der Waals surface area contributed by atoms with Crippen molar-refractivity contribution in [1.82, 2.24) is 39.0 Å². The van der Waals surface area contributed by atoms with Gasteiger partial charge in [0.1, 0.15) is 42.6 Å². The molecule has 354 valence electrons. The average molecular weight is 966 g/mol. The first-order valence-electron chi connectivity index (χ1n) is 21.9. The number of carbonyl (C=O) groups is 1. The fraction of sp³-hybridized carbons (Fsp3) is 0.568. The molecular formula is C44H58F2N9O8PSi2. The number of aryl methyl sites for hydroxylation is 1. The molecule has 0 spiro atoms. The zero-order chi connectivity index (χ0) is 47.8. The van der Waals surface area contributed by atoms with Gasteiger partial charge in [-0.15, -0.1) is 5.92 Å². The van der Waals surface area contributed by atoms with E-state index in [4.69, 9.17) is 22.8 Å². The van der Waals surface area contributed by atoms with E-state index in [1.54, 1.807) is 30.3 Å². The number of hydrogen-bond acceptors (Lipinski definition) is 14. The van der Waals surface area contributed by atoms with E-state index in [1.165, 1.54) is 39.3 Å². The molecule has 1 amide bonds. The Bertz CT molecular complexity index is 2580. The number of aliphatic hydroxyl groups is 1. The van der Waals surface area contributed by atoms with Gasteiger partial charge in [0.25, 0.3) is 5.91 Å². The Balaban J connectivity index is 1.09. The van der Waals surface area contributed by atoms with Gasteiger partial charge in [0.15, 0.2) is 64.1 Å². The lowest BCUT2D eigenvalue weighted by Crippen LogP contribution is -2.49. The minimum absolute atomic E-state index is 0.0632. The molecule has 0 radical (unpaired) electrons. The van der Waals surface area contributed by atoms with Crippen LogP contribution in [0.15, 0.2) is 55.6 Å². The minimum Gasteiger partial charge on any atom is -0.414 e. The van der Waals surface area contributed by atoms with E-state index in [2.05, 4.69) is 96.4 Å². The second kappa shape index (κ2) is 19.6. The molecule has 8 atom stereocenters. The maximum absolute atomic E-state index is 16.4. The van der Waals surface area contributed by atoms with Crippen molar-refractivity contribution in [2.24, 2.45) is 0 Å². The normalized spacial score (nSPS) is 24.0. The first-order valence-corrected chi connectivity index (χ1v) is 28.4. The van der Waals surface area contributed by atoms with Crippen LogP contribution < -0.4 is 4.90 Å². The van der Waals surface area contributed by atoms with Crippen molar-refractivity contribution in [2.45, 2.75) is 140 Å². The predicted molar refractivity (Wildman–Crippen MR) is 247 cm³/mol. The fourth-order valence-electron chi connectivity index (χ4n) is 7.33. The Hall–Kier alpha value is -4.50. The molecule has 1 unspecified atom stereocenters. The summed E-state index contributed by atoms with van der Waals surface area (Å²) in [6, 6.07) is 8.65. The molecule has 6 heterocycles. The highest BCUT2D eigenvalue weighted by molar-refractivity contribution is 7.17. The number of fused-ring (bicyclic) bond motifs is 2. The molecule has 1 aromatic carbocycles. The number of hydrogen-bond donors (Lipinski definition) is 1. The van der Waals surface area contributed by atoms with Crippen LogP contribution in [0.5, 0.6) is 0 Å². The van der Waals surface area contributed by atoms with Crippen LogP contribution >= 0.6 is 8.69 Å². The Labute approximate surface area is 386 Å². The van der Waals surface area contributed by atoms with Crippen LogP contribution in [0, 0.1) is 11.8 Å². The summed E-state index contributed by atoms with van der Waals surface area (Å²) < 4.78 is 77.2. The van der Waals surface area contributed by atoms with Crippen molar-refractivity contribution in [3.05, 3.63) is 66.9 Å². The SMILES string of the molecule is CC(C)(C)[Si](C)(C)OC[C@H]1O[C@@H](n2cnc3c(CCC#CCN(C(=O)c4ccccc4)c4ncnc5c4ncn5[C@@H]4O[C@H](CO)[C@@H](O[Si](C)(C)C(C)(C)C)[C@H]4F)ncnc32)[C@H](F)C1OP=O. The minimum atomic E-state index is -2.46. The molecule has 2 aliphatic rings. The van der Waals surface area contributed by atoms with Gasteiger partial charge >= 0.3 is 8.69 Å². The van der Waals surface area contributed by atoms with Gasteiger partial charge in [-0.25, -0.2) is 43.2 Å². The topological polar surface area (TPSA) is 191 Å². The number of ether oxygens (including phenoxy) is 2. The van der Waals surface area contributed by atoms with Crippen molar-refractivity contribution >= 4 is 59.4 Å². The molecule has 7 rings (SSSR count). The van der Waals surface area contributed by atoms with E-state index < -0.39 is 87.1 Å². The van der Waals surface area contributed by atoms with Crippen LogP contribution in [-0.2, 0) is 33.8 Å². The van der Waals surface area contributed by atoms with Crippen molar-refractivity contribution in [3.8, 4) is 11.8 Å². The molecule has 4 aromatic heterocycles. The average Bonchev–Trinajstić information content (AvgIpc) is 4.04. The van der Waals surface area contributed by atoms with E-state index in [0.29, 0.717) is 35.3 Å². The standard InChI is InChI=1S/C44H58F2N9O8PSi2/c1-43(2,3)65(7,8)59-22-30-35(62-64-58)31(45)41(61-30)54-25-51-33-28(47-23-48-37(33)54)19-15-12-16-20-53(40(57)27-17-13-11-14-18-27)38-34-39(50-24-49-38)55(26-52-34)42-32(46)36(29(21-56)60-42)63-66(9,10)44(4,5)6/h11,13-14,17-18,23-26,29-32,35-36,41-42,56H,15,19-22H2,1-10H3/t29-,30-,31-,32-,35?,36-,41-,42-/m1/s1. The molecule has 2 saturated heterocycles. The summed E-state index contributed by atoms with van der Waals surface area (Å²) in [7, 11) is -5.36. The number of amides is 1. The molecule has 22 heteroatoms. The van der Waals surface area contributed by atoms with Crippen LogP contribution in [0.1, 0.15) is 76.5 Å². The maximum Gasteiger partial charge on any atom is 0.327 e. The van der Waals surface area contributed by atoms with Crippen LogP contribution in [0.25, 0.3) is 22.3 Å².